The van der Waals surface area contributed by atoms with Gasteiger partial charge in [0.1, 0.15) is 0 Å². The van der Waals surface area contributed by atoms with E-state index in [0.717, 1.165) is 32.8 Å². The normalized spacial score (nSPS) is 12.0. The molecule has 6 rings (SSSR count). The highest BCUT2D eigenvalue weighted by Crippen LogP contribution is 2.35. The lowest BCUT2D eigenvalue weighted by Gasteiger charge is -2.11. The van der Waals surface area contributed by atoms with E-state index in [-0.39, 0.29) is 0 Å². The smallest absolute Gasteiger partial charge is 0.0971 e. The minimum Gasteiger partial charge on any atom is -0.305 e. The van der Waals surface area contributed by atoms with E-state index in [9.17, 15) is 0 Å². The van der Waals surface area contributed by atoms with Crippen LogP contribution in [0.15, 0.2) is 79.1 Å². The van der Waals surface area contributed by atoms with Crippen molar-refractivity contribution in [1.29, 1.82) is 0 Å². The summed E-state index contributed by atoms with van der Waals surface area (Å²) in [5.41, 5.74) is 5.45. The molecule has 0 N–H and O–H groups in total. The Hall–Kier alpha value is -3.46. The predicted molar refractivity (Wildman–Crippen MR) is 103 cm³/mol. The molecule has 116 valence electrons. The average molecular weight is 319 g/mol. The van der Waals surface area contributed by atoms with Crippen molar-refractivity contribution in [2.24, 2.45) is 0 Å². The van der Waals surface area contributed by atoms with Crippen LogP contribution in [0, 0.1) is 0 Å². The summed E-state index contributed by atoms with van der Waals surface area (Å²) >= 11 is 0. The number of aromatic nitrogens is 3. The molecular weight excluding hydrogens is 306 g/mol. The second-order valence-electron chi connectivity index (χ2n) is 6.37. The number of para-hydroxylation sites is 1. The van der Waals surface area contributed by atoms with Crippen molar-refractivity contribution in [1.82, 2.24) is 14.4 Å². The van der Waals surface area contributed by atoms with Gasteiger partial charge in [0.25, 0.3) is 0 Å². The molecule has 2 aromatic carbocycles. The van der Waals surface area contributed by atoms with Gasteiger partial charge in [0.05, 0.1) is 27.6 Å². The maximum Gasteiger partial charge on any atom is 0.0971 e. The number of nitrogens with zero attached hydrogens (tertiary/aromatic N) is 3. The van der Waals surface area contributed by atoms with E-state index in [2.05, 4.69) is 70.0 Å². The van der Waals surface area contributed by atoms with Crippen LogP contribution in [-0.2, 0) is 0 Å². The van der Waals surface area contributed by atoms with Crippen LogP contribution >= 0.6 is 0 Å². The van der Waals surface area contributed by atoms with E-state index in [1.165, 1.54) is 16.3 Å². The molecule has 0 aliphatic heterocycles. The minimum absolute atomic E-state index is 0.994. The number of fused-ring (bicyclic) bond motifs is 10. The first-order valence-corrected chi connectivity index (χ1v) is 8.36. The van der Waals surface area contributed by atoms with Crippen LogP contribution in [0.5, 0.6) is 0 Å². The largest absolute Gasteiger partial charge is 0.305 e. The van der Waals surface area contributed by atoms with Gasteiger partial charge in [-0.05, 0) is 24.3 Å². The second-order valence-corrected chi connectivity index (χ2v) is 6.37. The summed E-state index contributed by atoms with van der Waals surface area (Å²) in [6.07, 6.45) is 3.81. The van der Waals surface area contributed by atoms with E-state index in [4.69, 9.17) is 4.98 Å². The van der Waals surface area contributed by atoms with Gasteiger partial charge in [-0.3, -0.25) is 9.97 Å². The van der Waals surface area contributed by atoms with E-state index < -0.39 is 0 Å². The summed E-state index contributed by atoms with van der Waals surface area (Å²) in [7, 11) is 0. The van der Waals surface area contributed by atoms with Crippen molar-refractivity contribution in [2.75, 3.05) is 0 Å². The van der Waals surface area contributed by atoms with Gasteiger partial charge in [0.2, 0.25) is 0 Å². The maximum absolute atomic E-state index is 4.81. The predicted octanol–water partition coefficient (Wildman–Crippen LogP) is 5.34. The molecule has 0 amide bonds. The van der Waals surface area contributed by atoms with Crippen LogP contribution in [0.1, 0.15) is 0 Å². The molecular formula is C22H13N3. The number of hydrogen-bond acceptors (Lipinski definition) is 2. The Bertz CT molecular complexity index is 1440. The number of pyridine rings is 3. The third-order valence-corrected chi connectivity index (χ3v) is 5.01. The lowest BCUT2D eigenvalue weighted by Crippen LogP contribution is -1.95. The number of rotatable bonds is 0. The highest BCUT2D eigenvalue weighted by Gasteiger charge is 2.15. The monoisotopic (exact) mass is 319 g/mol. The maximum atomic E-state index is 4.81. The third kappa shape index (κ3) is 1.59. The van der Waals surface area contributed by atoms with Gasteiger partial charge in [0.15, 0.2) is 0 Å². The molecule has 3 nitrogen and oxygen atoms in total. The molecule has 0 bridgehead atoms. The Morgan fingerprint density at radius 1 is 0.640 bits per heavy atom. The molecule has 6 aromatic rings. The van der Waals surface area contributed by atoms with E-state index in [1.807, 2.05) is 18.5 Å². The van der Waals surface area contributed by atoms with E-state index >= 15 is 0 Å². The topological polar surface area (TPSA) is 30.2 Å². The lowest BCUT2D eigenvalue weighted by atomic mass is 10.1. The molecule has 0 aliphatic carbocycles. The standard InChI is InChI=1S/C22H13N3/c1-3-8-16-15(7-1)13-24-21-17-9-5-11-23-20(17)19-12-14-6-2-4-10-18(14)25(19)22(16)21/h1-13H. The second kappa shape index (κ2) is 4.54. The highest BCUT2D eigenvalue weighted by atomic mass is 14.9. The van der Waals surface area contributed by atoms with Gasteiger partial charge in [0, 0.05) is 33.9 Å². The van der Waals surface area contributed by atoms with Gasteiger partial charge in [-0.25, -0.2) is 0 Å². The SMILES string of the molecule is c1ccc2c(c1)cnc1c3cccnc3c3cc4ccccc4n3c21. The Kier molecular flexibility index (Phi) is 2.35. The van der Waals surface area contributed by atoms with Crippen molar-refractivity contribution in [3.8, 4) is 0 Å². The first-order chi connectivity index (χ1) is 12.4. The first-order valence-electron chi connectivity index (χ1n) is 8.36. The van der Waals surface area contributed by atoms with Gasteiger partial charge < -0.3 is 4.40 Å². The molecule has 0 fully saturated rings. The molecule has 0 radical (unpaired) electrons. The average Bonchev–Trinajstić information content (AvgIpc) is 3.07. The molecule has 3 heteroatoms. The van der Waals surface area contributed by atoms with E-state index in [0.29, 0.717) is 0 Å². The van der Waals surface area contributed by atoms with Gasteiger partial charge >= 0.3 is 0 Å². The summed E-state index contributed by atoms with van der Waals surface area (Å²) < 4.78 is 2.31. The summed E-state index contributed by atoms with van der Waals surface area (Å²) in [4.78, 5) is 9.49. The molecule has 4 heterocycles. The molecule has 0 unspecified atom stereocenters. The fraction of sp³-hybridized carbons (Fsp3) is 0. The summed E-state index contributed by atoms with van der Waals surface area (Å²) in [6, 6.07) is 23.3. The number of hydrogen-bond donors (Lipinski definition) is 0. The van der Waals surface area contributed by atoms with Crippen molar-refractivity contribution in [3.63, 3.8) is 0 Å². The van der Waals surface area contributed by atoms with Crippen LogP contribution in [0.25, 0.3) is 49.1 Å². The molecule has 0 saturated heterocycles. The van der Waals surface area contributed by atoms with Crippen LogP contribution < -0.4 is 0 Å². The van der Waals surface area contributed by atoms with Crippen LogP contribution in [0.3, 0.4) is 0 Å². The highest BCUT2D eigenvalue weighted by molar-refractivity contribution is 6.18. The van der Waals surface area contributed by atoms with Gasteiger partial charge in [-0.1, -0.05) is 42.5 Å². The quantitative estimate of drug-likeness (QED) is 0.354. The Labute approximate surface area is 143 Å². The Morgan fingerprint density at radius 3 is 2.40 bits per heavy atom. The van der Waals surface area contributed by atoms with Crippen molar-refractivity contribution >= 4 is 49.1 Å². The molecule has 0 saturated carbocycles. The first kappa shape index (κ1) is 12.9. The summed E-state index contributed by atoms with van der Waals surface area (Å²) in [6.45, 7) is 0. The van der Waals surface area contributed by atoms with Gasteiger partial charge in [-0.15, -0.1) is 0 Å². The van der Waals surface area contributed by atoms with E-state index in [1.54, 1.807) is 0 Å². The Balaban J connectivity index is 2.09. The zero-order valence-corrected chi connectivity index (χ0v) is 13.3. The zero-order chi connectivity index (χ0) is 16.4. The Morgan fingerprint density at radius 2 is 1.44 bits per heavy atom. The fourth-order valence-corrected chi connectivity index (χ4v) is 3.94. The summed E-state index contributed by atoms with van der Waals surface area (Å²) in [5.74, 6) is 0. The third-order valence-electron chi connectivity index (χ3n) is 5.01. The fourth-order valence-electron chi connectivity index (χ4n) is 3.94. The molecule has 4 aromatic heterocycles. The van der Waals surface area contributed by atoms with Gasteiger partial charge in [-0.2, -0.15) is 0 Å². The van der Waals surface area contributed by atoms with Crippen LogP contribution in [-0.4, -0.2) is 14.4 Å². The molecule has 25 heavy (non-hydrogen) atoms. The molecule has 0 atom stereocenters. The molecule has 0 aliphatic rings. The summed E-state index contributed by atoms with van der Waals surface area (Å²) in [5, 5.41) is 4.68. The van der Waals surface area contributed by atoms with Crippen molar-refractivity contribution in [2.45, 2.75) is 0 Å². The number of benzene rings is 2. The molecule has 0 spiro atoms. The van der Waals surface area contributed by atoms with Crippen molar-refractivity contribution in [3.05, 3.63) is 79.1 Å². The van der Waals surface area contributed by atoms with Crippen molar-refractivity contribution < 1.29 is 0 Å². The van der Waals surface area contributed by atoms with Crippen LogP contribution in [0.4, 0.5) is 0 Å². The minimum atomic E-state index is 0.994. The van der Waals surface area contributed by atoms with Crippen LogP contribution in [0.2, 0.25) is 0 Å². The zero-order valence-electron chi connectivity index (χ0n) is 13.3. The lowest BCUT2D eigenvalue weighted by molar-refractivity contribution is 1.31.